The van der Waals surface area contributed by atoms with Crippen LogP contribution in [-0.4, -0.2) is 35.9 Å². The summed E-state index contributed by atoms with van der Waals surface area (Å²) in [6.07, 6.45) is -0.381. The summed E-state index contributed by atoms with van der Waals surface area (Å²) in [6.45, 7) is 0.665. The van der Waals surface area contributed by atoms with E-state index in [9.17, 15) is 9.59 Å². The van der Waals surface area contributed by atoms with Crippen LogP contribution in [0.4, 0.5) is 4.79 Å². The first-order valence-electron chi connectivity index (χ1n) is 16.1. The van der Waals surface area contributed by atoms with E-state index in [1.165, 1.54) is 0 Å². The number of carbonyl (C=O) groups is 2. The van der Waals surface area contributed by atoms with E-state index in [1.807, 2.05) is 120 Å². The Labute approximate surface area is 275 Å². The average Bonchev–Trinajstić information content (AvgIpc) is 3.66. The topological polar surface area (TPSA) is 79.9 Å². The van der Waals surface area contributed by atoms with Crippen LogP contribution >= 0.6 is 0 Å². The molecular weight excluding hydrogens is 586 g/mol. The predicted molar refractivity (Wildman–Crippen MR) is 181 cm³/mol. The number of fused-ring (bicyclic) bond motifs is 3. The zero-order valence-electron chi connectivity index (χ0n) is 26.0. The first-order valence-corrected chi connectivity index (χ1v) is 16.1. The highest BCUT2D eigenvalue weighted by Crippen LogP contribution is 2.44. The van der Waals surface area contributed by atoms with E-state index in [0.717, 1.165) is 38.9 Å². The first-order chi connectivity index (χ1) is 23.1. The summed E-state index contributed by atoms with van der Waals surface area (Å²) in [5.41, 5.74) is 7.62. The molecule has 0 unspecified atom stereocenters. The minimum atomic E-state index is -0.859. The molecule has 7 heteroatoms. The summed E-state index contributed by atoms with van der Waals surface area (Å²) in [4.78, 5) is 33.8. The molecule has 1 saturated heterocycles. The molecule has 1 heterocycles. The van der Waals surface area contributed by atoms with Crippen LogP contribution in [0.3, 0.4) is 0 Å². The van der Waals surface area contributed by atoms with Gasteiger partial charge in [0.2, 0.25) is 5.91 Å². The summed E-state index contributed by atoms with van der Waals surface area (Å²) in [5.74, 6) is -0.380. The van der Waals surface area contributed by atoms with E-state index in [4.69, 9.17) is 9.57 Å². The van der Waals surface area contributed by atoms with Crippen LogP contribution in [0.1, 0.15) is 46.3 Å². The van der Waals surface area contributed by atoms with Gasteiger partial charge in [-0.3, -0.25) is 9.63 Å². The van der Waals surface area contributed by atoms with Gasteiger partial charge < -0.3 is 15.4 Å². The highest BCUT2D eigenvalue weighted by molar-refractivity contribution is 5.86. The monoisotopic (exact) mass is 623 g/mol. The standard InChI is InChI=1S/C40H37N3O4/c44-39(42-38-25-37(30-18-8-3-9-19-30)47-43(38)26-29-16-6-2-7-17-29)36(24-28-14-4-1-5-15-28)41-40(45)46-27-35-33-22-12-10-20-31(33)32-21-11-13-23-34(32)35/h1-23,35-38H,24-27H2,(H,41,45)(H,42,44)/t36-,37+,38+/m0/s1. The van der Waals surface area contributed by atoms with Crippen LogP contribution in [-0.2, 0) is 27.3 Å². The molecule has 0 saturated carbocycles. The summed E-state index contributed by atoms with van der Waals surface area (Å²) in [5, 5.41) is 7.91. The van der Waals surface area contributed by atoms with E-state index < -0.39 is 18.3 Å². The number of nitrogens with one attached hydrogen (secondary N) is 2. The maximum absolute atomic E-state index is 14.0. The number of hydroxylamine groups is 2. The molecule has 2 aliphatic rings. The Bertz CT molecular complexity index is 1770. The van der Waals surface area contributed by atoms with Gasteiger partial charge in [-0.25, -0.2) is 4.79 Å². The summed E-state index contributed by atoms with van der Waals surface area (Å²) < 4.78 is 5.84. The van der Waals surface area contributed by atoms with Crippen molar-refractivity contribution in [1.29, 1.82) is 0 Å². The number of ether oxygens (including phenoxy) is 1. The van der Waals surface area contributed by atoms with Crippen LogP contribution in [0.25, 0.3) is 11.1 Å². The lowest BCUT2D eigenvalue weighted by Gasteiger charge is -2.26. The van der Waals surface area contributed by atoms with Crippen LogP contribution in [0, 0.1) is 0 Å². The van der Waals surface area contributed by atoms with Crippen LogP contribution in [0.2, 0.25) is 0 Å². The molecule has 0 radical (unpaired) electrons. The molecule has 0 spiro atoms. The maximum Gasteiger partial charge on any atom is 0.407 e. The van der Waals surface area contributed by atoms with E-state index in [1.54, 1.807) is 0 Å². The van der Waals surface area contributed by atoms with Crippen molar-refractivity contribution in [2.24, 2.45) is 0 Å². The third-order valence-corrected chi connectivity index (χ3v) is 8.94. The molecule has 236 valence electrons. The van der Waals surface area contributed by atoms with Gasteiger partial charge in [0.15, 0.2) is 0 Å². The van der Waals surface area contributed by atoms with Crippen molar-refractivity contribution in [2.75, 3.05) is 6.61 Å². The highest BCUT2D eigenvalue weighted by atomic mass is 16.7. The second-order valence-corrected chi connectivity index (χ2v) is 12.0. The molecule has 0 aromatic heterocycles. The van der Waals surface area contributed by atoms with Gasteiger partial charge in [0.1, 0.15) is 24.9 Å². The lowest BCUT2D eigenvalue weighted by Crippen LogP contribution is -2.53. The number of carbonyl (C=O) groups excluding carboxylic acids is 2. The van der Waals surface area contributed by atoms with Crippen molar-refractivity contribution < 1.29 is 19.2 Å². The number of hydrogen-bond donors (Lipinski definition) is 2. The maximum atomic E-state index is 14.0. The number of benzene rings is 5. The van der Waals surface area contributed by atoms with Gasteiger partial charge in [-0.2, -0.15) is 5.06 Å². The molecular formula is C40H37N3O4. The predicted octanol–water partition coefficient (Wildman–Crippen LogP) is 7.16. The lowest BCUT2D eigenvalue weighted by atomic mass is 9.98. The number of alkyl carbamates (subject to hydrolysis) is 1. The lowest BCUT2D eigenvalue weighted by molar-refractivity contribution is -0.177. The number of nitrogens with zero attached hydrogens (tertiary/aromatic N) is 1. The van der Waals surface area contributed by atoms with Crippen molar-refractivity contribution in [1.82, 2.24) is 15.7 Å². The Morgan fingerprint density at radius 2 is 1.28 bits per heavy atom. The van der Waals surface area contributed by atoms with Crippen LogP contribution in [0.15, 0.2) is 140 Å². The summed E-state index contributed by atoms with van der Waals surface area (Å²) in [7, 11) is 0. The molecule has 1 aliphatic heterocycles. The molecule has 1 aliphatic carbocycles. The fourth-order valence-electron chi connectivity index (χ4n) is 6.61. The molecule has 5 aromatic carbocycles. The largest absolute Gasteiger partial charge is 0.449 e. The van der Waals surface area contributed by atoms with Crippen molar-refractivity contribution in [3.8, 4) is 11.1 Å². The van der Waals surface area contributed by atoms with Gasteiger partial charge in [0.05, 0.1) is 6.54 Å². The molecule has 0 bridgehead atoms. The number of amides is 2. The number of rotatable bonds is 10. The van der Waals surface area contributed by atoms with E-state index >= 15 is 0 Å². The molecule has 7 rings (SSSR count). The Morgan fingerprint density at radius 1 is 0.723 bits per heavy atom. The molecule has 47 heavy (non-hydrogen) atoms. The SMILES string of the molecule is O=C(N[C@@H](Cc1ccccc1)C(=O)N[C@H]1C[C@H](c2ccccc2)ON1Cc1ccccc1)OCC1c2ccccc2-c2ccccc21. The minimum absolute atomic E-state index is 0.0772. The Morgan fingerprint density at radius 3 is 1.91 bits per heavy atom. The fourth-order valence-corrected chi connectivity index (χ4v) is 6.61. The van der Waals surface area contributed by atoms with Gasteiger partial charge in [0, 0.05) is 18.8 Å². The molecule has 2 amide bonds. The Balaban J connectivity index is 1.07. The molecule has 1 fully saturated rings. The van der Waals surface area contributed by atoms with Gasteiger partial charge in [-0.1, -0.05) is 140 Å². The summed E-state index contributed by atoms with van der Waals surface area (Å²) in [6, 6.07) is 45.3. The van der Waals surface area contributed by atoms with Crippen molar-refractivity contribution >= 4 is 12.0 Å². The van der Waals surface area contributed by atoms with E-state index in [-0.39, 0.29) is 24.5 Å². The quantitative estimate of drug-likeness (QED) is 0.173. The van der Waals surface area contributed by atoms with Crippen LogP contribution in [0.5, 0.6) is 0 Å². The Kier molecular flexibility index (Phi) is 9.08. The third kappa shape index (κ3) is 6.97. The summed E-state index contributed by atoms with van der Waals surface area (Å²) >= 11 is 0. The van der Waals surface area contributed by atoms with Gasteiger partial charge in [0.25, 0.3) is 0 Å². The van der Waals surface area contributed by atoms with Gasteiger partial charge in [-0.15, -0.1) is 0 Å². The van der Waals surface area contributed by atoms with E-state index in [0.29, 0.717) is 19.4 Å². The molecule has 2 N–H and O–H groups in total. The highest BCUT2D eigenvalue weighted by Gasteiger charge is 2.37. The van der Waals surface area contributed by atoms with Crippen molar-refractivity contribution in [3.05, 3.63) is 167 Å². The van der Waals surface area contributed by atoms with Crippen molar-refractivity contribution in [3.63, 3.8) is 0 Å². The van der Waals surface area contributed by atoms with Crippen LogP contribution < -0.4 is 10.6 Å². The smallest absolute Gasteiger partial charge is 0.407 e. The minimum Gasteiger partial charge on any atom is -0.449 e. The third-order valence-electron chi connectivity index (χ3n) is 8.94. The van der Waals surface area contributed by atoms with Gasteiger partial charge in [-0.05, 0) is 38.9 Å². The first kappa shape index (κ1) is 30.4. The molecule has 3 atom stereocenters. The zero-order valence-corrected chi connectivity index (χ0v) is 26.0. The average molecular weight is 624 g/mol. The number of hydrogen-bond acceptors (Lipinski definition) is 5. The van der Waals surface area contributed by atoms with Crippen molar-refractivity contribution in [2.45, 2.75) is 43.6 Å². The van der Waals surface area contributed by atoms with Gasteiger partial charge >= 0.3 is 6.09 Å². The molecule has 5 aromatic rings. The zero-order chi connectivity index (χ0) is 32.0. The second-order valence-electron chi connectivity index (χ2n) is 12.0. The molecule has 7 nitrogen and oxygen atoms in total. The second kappa shape index (κ2) is 14.0. The van der Waals surface area contributed by atoms with E-state index in [2.05, 4.69) is 34.9 Å². The fraction of sp³-hybridized carbons (Fsp3) is 0.200. The normalized spacial score (nSPS) is 17.8. The Hall–Kier alpha value is -5.24.